The summed E-state index contributed by atoms with van der Waals surface area (Å²) in [6, 6.07) is 9.32. The van der Waals surface area contributed by atoms with Gasteiger partial charge in [0, 0.05) is 31.2 Å². The molecule has 5 nitrogen and oxygen atoms in total. The fraction of sp³-hybridized carbons (Fsp3) is 0.188. The number of carboxylic acid groups (broad SMARTS) is 1. The van der Waals surface area contributed by atoms with Crippen LogP contribution in [-0.4, -0.2) is 27.3 Å². The fourth-order valence-corrected chi connectivity index (χ4v) is 2.80. The van der Waals surface area contributed by atoms with Gasteiger partial charge in [0.25, 0.3) is 0 Å². The summed E-state index contributed by atoms with van der Waals surface area (Å²) in [6.45, 7) is 0. The summed E-state index contributed by atoms with van der Waals surface area (Å²) in [5.74, 6) is -0.129. The molecule has 0 aliphatic rings. The largest absolute Gasteiger partial charge is 0.495 e. The number of rotatable bonds is 3. The molecule has 0 saturated heterocycles. The number of aromatic nitrogens is 2. The number of aromatic carboxylic acids is 1. The summed E-state index contributed by atoms with van der Waals surface area (Å²) < 4.78 is 9.10. The maximum absolute atomic E-state index is 11.2. The molecule has 0 fully saturated rings. The quantitative estimate of drug-likeness (QED) is 0.804. The Morgan fingerprint density at radius 2 is 1.95 bits per heavy atom. The van der Waals surface area contributed by atoms with Crippen molar-refractivity contribution >= 4 is 16.9 Å². The molecule has 3 aromatic rings. The van der Waals surface area contributed by atoms with Gasteiger partial charge in [0.05, 0.1) is 18.3 Å². The smallest absolute Gasteiger partial charge is 0.352 e. The van der Waals surface area contributed by atoms with Crippen LogP contribution < -0.4 is 4.74 Å². The zero-order valence-electron chi connectivity index (χ0n) is 12.1. The Kier molecular flexibility index (Phi) is 2.97. The summed E-state index contributed by atoms with van der Waals surface area (Å²) in [6.07, 6.45) is 1.99. The topological polar surface area (TPSA) is 56.4 Å². The summed E-state index contributed by atoms with van der Waals surface area (Å²) in [7, 11) is 5.36. The minimum absolute atomic E-state index is 0.268. The molecule has 1 N–H and O–H groups in total. The number of hydrogen-bond donors (Lipinski definition) is 1. The van der Waals surface area contributed by atoms with Crippen molar-refractivity contribution in [2.45, 2.75) is 0 Å². The van der Waals surface area contributed by atoms with Crippen LogP contribution in [0, 0.1) is 0 Å². The second kappa shape index (κ2) is 4.70. The number of fused-ring (bicyclic) bond motifs is 1. The maximum atomic E-state index is 11.2. The van der Waals surface area contributed by atoms with Crippen molar-refractivity contribution in [2.75, 3.05) is 7.11 Å². The van der Waals surface area contributed by atoms with Crippen molar-refractivity contribution in [1.82, 2.24) is 9.13 Å². The molecule has 2 heterocycles. The maximum Gasteiger partial charge on any atom is 0.352 e. The lowest BCUT2D eigenvalue weighted by Crippen LogP contribution is -2.04. The number of aryl methyl sites for hydroxylation is 1. The van der Waals surface area contributed by atoms with Crippen LogP contribution in [0.15, 0.2) is 36.5 Å². The van der Waals surface area contributed by atoms with E-state index in [9.17, 15) is 9.90 Å². The molecule has 0 unspecified atom stereocenters. The summed E-state index contributed by atoms with van der Waals surface area (Å²) >= 11 is 0. The average molecular weight is 284 g/mol. The molecule has 0 spiro atoms. The SMILES string of the molecule is COc1cccc2c(-c3ccc(C(=O)O)n3C)cn(C)c12. The first-order valence-corrected chi connectivity index (χ1v) is 6.56. The Hall–Kier alpha value is -2.69. The Morgan fingerprint density at radius 1 is 1.19 bits per heavy atom. The third-order valence-electron chi connectivity index (χ3n) is 3.80. The number of methoxy groups -OCH3 is 1. The molecule has 21 heavy (non-hydrogen) atoms. The number of carbonyl (C=O) groups is 1. The van der Waals surface area contributed by atoms with E-state index in [1.54, 1.807) is 24.8 Å². The number of nitrogens with zero attached hydrogens (tertiary/aromatic N) is 2. The molecule has 0 aliphatic carbocycles. The van der Waals surface area contributed by atoms with Crippen molar-refractivity contribution in [3.63, 3.8) is 0 Å². The lowest BCUT2D eigenvalue weighted by molar-refractivity contribution is 0.0687. The van der Waals surface area contributed by atoms with E-state index in [1.807, 2.05) is 42.1 Å². The molecule has 0 atom stereocenters. The van der Waals surface area contributed by atoms with Crippen molar-refractivity contribution in [3.8, 4) is 17.0 Å². The molecule has 0 radical (unpaired) electrons. The highest BCUT2D eigenvalue weighted by molar-refractivity contribution is 5.99. The lowest BCUT2D eigenvalue weighted by Gasteiger charge is -2.05. The number of para-hydroxylation sites is 1. The van der Waals surface area contributed by atoms with Gasteiger partial charge in [-0.25, -0.2) is 4.79 Å². The molecule has 5 heteroatoms. The van der Waals surface area contributed by atoms with Crippen LogP contribution in [0.25, 0.3) is 22.2 Å². The summed E-state index contributed by atoms with van der Waals surface area (Å²) in [4.78, 5) is 11.2. The molecule has 3 rings (SSSR count). The highest BCUT2D eigenvalue weighted by Gasteiger charge is 2.17. The van der Waals surface area contributed by atoms with Crippen LogP contribution >= 0.6 is 0 Å². The Bertz CT molecular complexity index is 843. The summed E-state index contributed by atoms with van der Waals surface area (Å²) in [5.41, 5.74) is 3.12. The van der Waals surface area contributed by atoms with Gasteiger partial charge in [-0.2, -0.15) is 0 Å². The minimum Gasteiger partial charge on any atom is -0.495 e. The summed E-state index contributed by atoms with van der Waals surface area (Å²) in [5, 5.41) is 10.2. The molecular formula is C16H16N2O3. The number of carboxylic acids is 1. The predicted octanol–water partition coefficient (Wildman–Crippen LogP) is 2.89. The van der Waals surface area contributed by atoms with Gasteiger partial charge in [-0.15, -0.1) is 0 Å². The third kappa shape index (κ3) is 1.89. The third-order valence-corrected chi connectivity index (χ3v) is 3.80. The molecule has 0 aliphatic heterocycles. The van der Waals surface area contributed by atoms with Crippen molar-refractivity contribution in [1.29, 1.82) is 0 Å². The Labute approximate surface area is 122 Å². The standard InChI is InChI=1S/C16H16N2O3/c1-17-9-11(10-5-4-6-14(21-3)15(10)17)12-7-8-13(16(19)20)18(12)2/h4-9H,1-3H3,(H,19,20). The molecule has 0 bridgehead atoms. The van der Waals surface area contributed by atoms with Gasteiger partial charge >= 0.3 is 5.97 Å². The molecule has 2 aromatic heterocycles. The highest BCUT2D eigenvalue weighted by Crippen LogP contribution is 2.35. The van der Waals surface area contributed by atoms with Gasteiger partial charge in [-0.05, 0) is 18.2 Å². The van der Waals surface area contributed by atoms with Crippen molar-refractivity contribution in [2.24, 2.45) is 14.1 Å². The van der Waals surface area contributed by atoms with E-state index < -0.39 is 5.97 Å². The molecule has 108 valence electrons. The van der Waals surface area contributed by atoms with Gasteiger partial charge in [-0.1, -0.05) is 12.1 Å². The first-order valence-electron chi connectivity index (χ1n) is 6.56. The van der Waals surface area contributed by atoms with E-state index in [-0.39, 0.29) is 5.69 Å². The zero-order valence-corrected chi connectivity index (χ0v) is 12.1. The zero-order chi connectivity index (χ0) is 15.1. The van der Waals surface area contributed by atoms with Crippen molar-refractivity contribution in [3.05, 3.63) is 42.2 Å². The number of hydrogen-bond acceptors (Lipinski definition) is 2. The first-order chi connectivity index (χ1) is 10.0. The van der Waals surface area contributed by atoms with Crippen LogP contribution in [0.2, 0.25) is 0 Å². The van der Waals surface area contributed by atoms with E-state index in [1.165, 1.54) is 0 Å². The minimum atomic E-state index is -0.929. The van der Waals surface area contributed by atoms with Gasteiger partial charge in [0.2, 0.25) is 0 Å². The Balaban J connectivity index is 2.29. The second-order valence-corrected chi connectivity index (χ2v) is 4.98. The van der Waals surface area contributed by atoms with E-state index in [2.05, 4.69) is 0 Å². The fourth-order valence-electron chi connectivity index (χ4n) is 2.80. The van der Waals surface area contributed by atoms with Crippen LogP contribution in [0.4, 0.5) is 0 Å². The molecule has 0 saturated carbocycles. The van der Waals surface area contributed by atoms with E-state index in [0.29, 0.717) is 0 Å². The van der Waals surface area contributed by atoms with Crippen LogP contribution in [0.5, 0.6) is 5.75 Å². The van der Waals surface area contributed by atoms with E-state index in [0.717, 1.165) is 27.9 Å². The predicted molar refractivity (Wildman–Crippen MR) is 80.8 cm³/mol. The molecule has 0 amide bonds. The van der Waals surface area contributed by atoms with Crippen molar-refractivity contribution < 1.29 is 14.6 Å². The van der Waals surface area contributed by atoms with Gasteiger partial charge in [-0.3, -0.25) is 0 Å². The van der Waals surface area contributed by atoms with Crippen LogP contribution in [0.1, 0.15) is 10.5 Å². The van der Waals surface area contributed by atoms with Crippen LogP contribution in [0.3, 0.4) is 0 Å². The highest BCUT2D eigenvalue weighted by atomic mass is 16.5. The average Bonchev–Trinajstić information content (AvgIpc) is 3.00. The number of benzene rings is 1. The molecule has 1 aromatic carbocycles. The van der Waals surface area contributed by atoms with E-state index in [4.69, 9.17) is 4.74 Å². The van der Waals surface area contributed by atoms with Gasteiger partial charge < -0.3 is 19.0 Å². The number of ether oxygens (including phenoxy) is 1. The Morgan fingerprint density at radius 3 is 2.57 bits per heavy atom. The first kappa shape index (κ1) is 13.3. The second-order valence-electron chi connectivity index (χ2n) is 4.98. The van der Waals surface area contributed by atoms with Gasteiger partial charge in [0.1, 0.15) is 11.4 Å². The monoisotopic (exact) mass is 284 g/mol. The normalized spacial score (nSPS) is 11.0. The van der Waals surface area contributed by atoms with E-state index >= 15 is 0 Å². The molecular weight excluding hydrogens is 268 g/mol. The lowest BCUT2D eigenvalue weighted by atomic mass is 10.1. The van der Waals surface area contributed by atoms with Gasteiger partial charge in [0.15, 0.2) is 0 Å². The van der Waals surface area contributed by atoms with Crippen LogP contribution in [-0.2, 0) is 14.1 Å².